The molecule has 1 N–H and O–H groups in total. The zero-order chi connectivity index (χ0) is 20.3. The number of nitrogens with zero attached hydrogens (tertiary/aromatic N) is 2. The number of carbonyl (C=O) groups excluding carboxylic acids is 3. The van der Waals surface area contributed by atoms with Crippen LogP contribution < -0.4 is 10.4 Å². The van der Waals surface area contributed by atoms with Crippen LogP contribution in [0.25, 0.3) is 0 Å². The van der Waals surface area contributed by atoms with Crippen LogP contribution in [0.1, 0.15) is 16.8 Å². The normalized spacial score (nSPS) is 18.2. The fraction of sp³-hybridized carbons (Fsp3) is 0.158. The van der Waals surface area contributed by atoms with Crippen molar-refractivity contribution in [1.82, 2.24) is 4.90 Å². The van der Waals surface area contributed by atoms with Crippen LogP contribution in [-0.2, 0) is 9.59 Å². The Kier molecular flexibility index (Phi) is 5.74. The molecular weight excluding hydrogens is 385 g/mol. The first kappa shape index (κ1) is 19.6. The number of benzene rings is 2. The van der Waals surface area contributed by atoms with Crippen molar-refractivity contribution in [3.63, 3.8) is 0 Å². The van der Waals surface area contributed by atoms with Crippen molar-refractivity contribution in [2.24, 2.45) is 4.99 Å². The second-order valence-electron chi connectivity index (χ2n) is 5.99. The van der Waals surface area contributed by atoms with E-state index in [0.29, 0.717) is 11.4 Å². The molecule has 0 radical (unpaired) electrons. The van der Waals surface area contributed by atoms with E-state index < -0.39 is 22.9 Å². The minimum Gasteiger partial charge on any atom is -0.545 e. The number of aliphatic imine (C=N–C) groups is 1. The Morgan fingerprint density at radius 2 is 1.96 bits per heavy atom. The Bertz CT molecular complexity index is 962. The third-order valence-electron chi connectivity index (χ3n) is 3.98. The molecule has 0 unspecified atom stereocenters. The van der Waals surface area contributed by atoms with Gasteiger partial charge in [-0.1, -0.05) is 30.0 Å². The first-order valence-corrected chi connectivity index (χ1v) is 9.11. The summed E-state index contributed by atoms with van der Waals surface area (Å²) in [4.78, 5) is 41.2. The largest absolute Gasteiger partial charge is 0.545 e. The summed E-state index contributed by atoms with van der Waals surface area (Å²) in [7, 11) is 1.54. The van der Waals surface area contributed by atoms with Crippen molar-refractivity contribution in [2.45, 2.75) is 11.7 Å². The molecule has 2 aromatic carbocycles. The Labute approximate surface area is 164 Å². The average molecular weight is 400 g/mol. The van der Waals surface area contributed by atoms with Gasteiger partial charge < -0.3 is 15.2 Å². The molecule has 1 aliphatic rings. The number of halogens is 1. The molecule has 0 aromatic heterocycles. The van der Waals surface area contributed by atoms with E-state index in [9.17, 15) is 23.9 Å². The lowest BCUT2D eigenvalue weighted by Crippen LogP contribution is -2.43. The van der Waals surface area contributed by atoms with Crippen LogP contribution in [-0.4, -0.2) is 40.1 Å². The number of hydrogen-bond acceptors (Lipinski definition) is 6. The number of hydrogen-bond donors (Lipinski definition) is 1. The van der Waals surface area contributed by atoms with E-state index in [0.717, 1.165) is 11.8 Å². The van der Waals surface area contributed by atoms with E-state index >= 15 is 0 Å². The van der Waals surface area contributed by atoms with Gasteiger partial charge >= 0.3 is 0 Å². The third kappa shape index (κ3) is 4.55. The summed E-state index contributed by atoms with van der Waals surface area (Å²) < 4.78 is 13.4. The first-order chi connectivity index (χ1) is 13.3. The van der Waals surface area contributed by atoms with E-state index in [2.05, 4.69) is 10.3 Å². The van der Waals surface area contributed by atoms with Crippen LogP contribution in [0.2, 0.25) is 0 Å². The zero-order valence-electron chi connectivity index (χ0n) is 14.7. The van der Waals surface area contributed by atoms with Gasteiger partial charge in [-0.05, 0) is 35.9 Å². The smallest absolute Gasteiger partial charge is 0.238 e. The number of aromatic carboxylic acids is 1. The van der Waals surface area contributed by atoms with Crippen LogP contribution in [0.5, 0.6) is 0 Å². The Balaban J connectivity index is 1.75. The molecule has 0 saturated carbocycles. The Morgan fingerprint density at radius 1 is 1.25 bits per heavy atom. The van der Waals surface area contributed by atoms with E-state index in [1.165, 1.54) is 47.4 Å². The fourth-order valence-corrected chi connectivity index (χ4v) is 3.53. The summed E-state index contributed by atoms with van der Waals surface area (Å²) in [6, 6.07) is 11.1. The molecule has 28 heavy (non-hydrogen) atoms. The fourth-order valence-electron chi connectivity index (χ4n) is 2.47. The minimum atomic E-state index is -1.31. The van der Waals surface area contributed by atoms with Crippen molar-refractivity contribution in [3.8, 4) is 0 Å². The summed E-state index contributed by atoms with van der Waals surface area (Å²) in [5.74, 6) is -2.47. The van der Waals surface area contributed by atoms with Gasteiger partial charge in [-0.2, -0.15) is 0 Å². The molecule has 0 spiro atoms. The molecule has 1 heterocycles. The molecule has 1 saturated heterocycles. The molecule has 9 heteroatoms. The van der Waals surface area contributed by atoms with Crippen LogP contribution in [0.4, 0.5) is 15.8 Å². The molecule has 0 aliphatic carbocycles. The number of carbonyl (C=O) groups is 3. The first-order valence-electron chi connectivity index (χ1n) is 8.23. The maximum atomic E-state index is 13.4. The molecule has 144 valence electrons. The molecule has 1 atom stereocenters. The lowest BCUT2D eigenvalue weighted by molar-refractivity contribution is -0.255. The molecule has 2 aromatic rings. The molecule has 0 bridgehead atoms. The van der Waals surface area contributed by atoms with Crippen molar-refractivity contribution < 1.29 is 23.9 Å². The predicted octanol–water partition coefficient (Wildman–Crippen LogP) is 1.78. The van der Waals surface area contributed by atoms with Gasteiger partial charge in [0.1, 0.15) is 11.1 Å². The van der Waals surface area contributed by atoms with Crippen molar-refractivity contribution in [1.29, 1.82) is 0 Å². The van der Waals surface area contributed by atoms with Gasteiger partial charge in [-0.15, -0.1) is 0 Å². The van der Waals surface area contributed by atoms with Crippen LogP contribution in [0.3, 0.4) is 0 Å². The molecule has 1 aliphatic heterocycles. The minimum absolute atomic E-state index is 0.00800. The summed E-state index contributed by atoms with van der Waals surface area (Å²) in [6.45, 7) is 0. The summed E-state index contributed by atoms with van der Waals surface area (Å²) in [6.07, 6.45) is -0.0215. The average Bonchev–Trinajstić information content (AvgIpc) is 2.65. The highest BCUT2D eigenvalue weighted by atomic mass is 32.2. The third-order valence-corrected chi connectivity index (χ3v) is 5.22. The zero-order valence-corrected chi connectivity index (χ0v) is 15.5. The summed E-state index contributed by atoms with van der Waals surface area (Å²) >= 11 is 1.10. The Hall–Kier alpha value is -3.20. The molecule has 7 nitrogen and oxygen atoms in total. The lowest BCUT2D eigenvalue weighted by Gasteiger charge is -2.28. The maximum Gasteiger partial charge on any atom is 0.238 e. The molecule has 1 fully saturated rings. The Morgan fingerprint density at radius 3 is 2.61 bits per heavy atom. The van der Waals surface area contributed by atoms with Crippen LogP contribution in [0, 0.1) is 5.82 Å². The van der Waals surface area contributed by atoms with E-state index in [1.807, 2.05) is 0 Å². The molecular formula is C19H15FN3O4S-. The van der Waals surface area contributed by atoms with Gasteiger partial charge in [0.25, 0.3) is 0 Å². The SMILES string of the molecule is CN1C(=O)C[C@@H](C(=O)Nc2ccc(C(=O)[O-])cc2)SC1=Nc1cccc(F)c1. The number of thioether (sulfide) groups is 1. The number of amides is 2. The highest BCUT2D eigenvalue weighted by molar-refractivity contribution is 8.15. The van der Waals surface area contributed by atoms with E-state index in [-0.39, 0.29) is 23.1 Å². The lowest BCUT2D eigenvalue weighted by atomic mass is 10.2. The van der Waals surface area contributed by atoms with E-state index in [1.54, 1.807) is 13.1 Å². The molecule has 3 rings (SSSR count). The van der Waals surface area contributed by atoms with Crippen molar-refractivity contribution >= 4 is 46.1 Å². The van der Waals surface area contributed by atoms with Crippen LogP contribution in [0.15, 0.2) is 53.5 Å². The topological polar surface area (TPSA) is 102 Å². The number of nitrogens with one attached hydrogen (secondary N) is 1. The highest BCUT2D eigenvalue weighted by Crippen LogP contribution is 2.29. The number of amidine groups is 1. The van der Waals surface area contributed by atoms with Gasteiger partial charge in [-0.3, -0.25) is 14.5 Å². The summed E-state index contributed by atoms with van der Waals surface area (Å²) in [5.41, 5.74) is 0.720. The number of anilines is 1. The summed E-state index contributed by atoms with van der Waals surface area (Å²) in [5, 5.41) is 13.0. The number of carboxylic acid groups (broad SMARTS) is 1. The highest BCUT2D eigenvalue weighted by Gasteiger charge is 2.34. The standard InChI is InChI=1S/C19H16FN3O4S/c1-23-16(24)10-15(28-19(23)22-14-4-2-3-12(20)9-14)17(25)21-13-7-5-11(6-8-13)18(26)27/h2-9,15H,10H2,1H3,(H,21,25)(H,26,27)/p-1/t15-/m0/s1. The second-order valence-corrected chi connectivity index (χ2v) is 7.16. The van der Waals surface area contributed by atoms with Crippen molar-refractivity contribution in [3.05, 3.63) is 59.9 Å². The van der Waals surface area contributed by atoms with Crippen molar-refractivity contribution in [2.75, 3.05) is 12.4 Å². The predicted molar refractivity (Wildman–Crippen MR) is 102 cm³/mol. The van der Waals surface area contributed by atoms with Gasteiger partial charge in [0, 0.05) is 19.2 Å². The van der Waals surface area contributed by atoms with Crippen LogP contribution >= 0.6 is 11.8 Å². The van der Waals surface area contributed by atoms with Gasteiger partial charge in [0.15, 0.2) is 5.17 Å². The number of rotatable bonds is 4. The van der Waals surface area contributed by atoms with Gasteiger partial charge in [0.2, 0.25) is 11.8 Å². The quantitative estimate of drug-likeness (QED) is 0.843. The van der Waals surface area contributed by atoms with Gasteiger partial charge in [-0.25, -0.2) is 9.38 Å². The monoisotopic (exact) mass is 400 g/mol. The van der Waals surface area contributed by atoms with E-state index in [4.69, 9.17) is 0 Å². The molecule has 2 amide bonds. The maximum absolute atomic E-state index is 13.4. The second kappa shape index (κ2) is 8.22. The van der Waals surface area contributed by atoms with Gasteiger partial charge in [0.05, 0.1) is 11.7 Å². The number of carboxylic acids is 1.